The van der Waals surface area contributed by atoms with E-state index in [-0.39, 0.29) is 11.9 Å². The van der Waals surface area contributed by atoms with Gasteiger partial charge in [-0.15, -0.1) is 0 Å². The van der Waals surface area contributed by atoms with E-state index in [9.17, 15) is 9.50 Å². The number of benzene rings is 1. The van der Waals surface area contributed by atoms with Gasteiger partial charge in [-0.05, 0) is 55.9 Å². The molecule has 2 unspecified atom stereocenters. The van der Waals surface area contributed by atoms with Crippen molar-refractivity contribution in [2.45, 2.75) is 39.7 Å². The van der Waals surface area contributed by atoms with Gasteiger partial charge in [0.1, 0.15) is 5.82 Å². The first kappa shape index (κ1) is 12.2. The molecule has 0 heterocycles. The molecule has 0 saturated carbocycles. The summed E-state index contributed by atoms with van der Waals surface area (Å²) in [4.78, 5) is 0. The van der Waals surface area contributed by atoms with E-state index in [1.54, 1.807) is 19.1 Å². The van der Waals surface area contributed by atoms with Gasteiger partial charge >= 0.3 is 0 Å². The summed E-state index contributed by atoms with van der Waals surface area (Å²) < 4.78 is 13.0. The fourth-order valence-electron chi connectivity index (χ4n) is 1.90. The second-order valence-corrected chi connectivity index (χ2v) is 4.46. The van der Waals surface area contributed by atoms with Crippen LogP contribution in [0.25, 0.3) is 0 Å². The zero-order valence-corrected chi connectivity index (χ0v) is 9.63. The molecule has 0 fully saturated rings. The van der Waals surface area contributed by atoms with Crippen LogP contribution < -0.4 is 0 Å². The van der Waals surface area contributed by atoms with Crippen molar-refractivity contribution in [3.63, 3.8) is 0 Å². The Kier molecular flexibility index (Phi) is 4.28. The molecule has 1 N–H and O–H groups in total. The molecule has 1 nitrogen and oxygen atoms in total. The second-order valence-electron chi connectivity index (χ2n) is 4.46. The molecule has 1 aromatic carbocycles. The van der Waals surface area contributed by atoms with Crippen LogP contribution in [0.3, 0.4) is 0 Å². The maximum atomic E-state index is 13.0. The van der Waals surface area contributed by atoms with Gasteiger partial charge in [0.2, 0.25) is 0 Å². The van der Waals surface area contributed by atoms with Crippen molar-refractivity contribution in [3.05, 3.63) is 35.1 Å². The molecule has 0 amide bonds. The number of hydrogen-bond donors (Lipinski definition) is 1. The van der Waals surface area contributed by atoms with Crippen LogP contribution in [0.5, 0.6) is 0 Å². The lowest BCUT2D eigenvalue weighted by atomic mass is 9.93. The van der Waals surface area contributed by atoms with Gasteiger partial charge in [-0.25, -0.2) is 4.39 Å². The number of aryl methyl sites for hydroxylation is 1. The van der Waals surface area contributed by atoms with Crippen LogP contribution in [-0.4, -0.2) is 11.2 Å². The lowest BCUT2D eigenvalue weighted by molar-refractivity contribution is 0.164. The summed E-state index contributed by atoms with van der Waals surface area (Å²) in [6.45, 7) is 5.86. The van der Waals surface area contributed by atoms with Crippen molar-refractivity contribution in [1.82, 2.24) is 0 Å². The molecule has 2 heteroatoms. The van der Waals surface area contributed by atoms with E-state index in [4.69, 9.17) is 0 Å². The van der Waals surface area contributed by atoms with Crippen molar-refractivity contribution in [2.24, 2.45) is 5.92 Å². The Morgan fingerprint density at radius 2 is 2.00 bits per heavy atom. The monoisotopic (exact) mass is 210 g/mol. The normalized spacial score (nSPS) is 15.0. The summed E-state index contributed by atoms with van der Waals surface area (Å²) in [7, 11) is 0. The molecular formula is C13H19FO. The molecule has 2 atom stereocenters. The Morgan fingerprint density at radius 3 is 2.60 bits per heavy atom. The standard InChI is InChI=1S/C13H19FO/c1-9(6-11(3)15)7-12-8-13(14)5-4-10(12)2/h4-5,8-9,11,15H,6-7H2,1-3H3. The molecule has 1 aromatic rings. The van der Waals surface area contributed by atoms with Crippen molar-refractivity contribution in [2.75, 3.05) is 0 Å². The van der Waals surface area contributed by atoms with E-state index >= 15 is 0 Å². The maximum Gasteiger partial charge on any atom is 0.123 e. The minimum Gasteiger partial charge on any atom is -0.393 e. The molecule has 15 heavy (non-hydrogen) atoms. The zero-order valence-electron chi connectivity index (χ0n) is 9.63. The number of hydrogen-bond acceptors (Lipinski definition) is 1. The van der Waals surface area contributed by atoms with Crippen molar-refractivity contribution in [1.29, 1.82) is 0 Å². The van der Waals surface area contributed by atoms with Crippen molar-refractivity contribution >= 4 is 0 Å². The molecule has 0 bridgehead atoms. The third kappa shape index (κ3) is 4.00. The Labute approximate surface area is 90.9 Å². The molecule has 0 saturated heterocycles. The summed E-state index contributed by atoms with van der Waals surface area (Å²) >= 11 is 0. The largest absolute Gasteiger partial charge is 0.393 e. The van der Waals surface area contributed by atoms with Gasteiger partial charge < -0.3 is 5.11 Å². The Hall–Kier alpha value is -0.890. The Balaban J connectivity index is 2.67. The molecule has 0 aliphatic carbocycles. The fourth-order valence-corrected chi connectivity index (χ4v) is 1.90. The predicted molar refractivity (Wildman–Crippen MR) is 60.3 cm³/mol. The van der Waals surface area contributed by atoms with Gasteiger partial charge in [-0.3, -0.25) is 0 Å². The average molecular weight is 210 g/mol. The number of rotatable bonds is 4. The van der Waals surface area contributed by atoms with Gasteiger partial charge in [0, 0.05) is 0 Å². The van der Waals surface area contributed by atoms with E-state index in [1.165, 1.54) is 6.07 Å². The minimum atomic E-state index is -0.283. The van der Waals surface area contributed by atoms with Gasteiger partial charge in [0.25, 0.3) is 0 Å². The smallest absolute Gasteiger partial charge is 0.123 e. The highest BCUT2D eigenvalue weighted by atomic mass is 19.1. The highest BCUT2D eigenvalue weighted by molar-refractivity contribution is 5.26. The van der Waals surface area contributed by atoms with Crippen LogP contribution in [0.1, 0.15) is 31.4 Å². The Morgan fingerprint density at radius 1 is 1.33 bits per heavy atom. The van der Waals surface area contributed by atoms with E-state index in [1.807, 2.05) is 6.92 Å². The highest BCUT2D eigenvalue weighted by Gasteiger charge is 2.09. The first-order valence-corrected chi connectivity index (χ1v) is 5.42. The molecule has 0 aromatic heterocycles. The van der Waals surface area contributed by atoms with Crippen LogP contribution in [0.2, 0.25) is 0 Å². The van der Waals surface area contributed by atoms with E-state index in [0.717, 1.165) is 24.0 Å². The van der Waals surface area contributed by atoms with Crippen LogP contribution >= 0.6 is 0 Å². The summed E-state index contributed by atoms with van der Waals surface area (Å²) in [6.07, 6.45) is 1.30. The van der Waals surface area contributed by atoms with Gasteiger partial charge in [0.15, 0.2) is 0 Å². The van der Waals surface area contributed by atoms with Crippen molar-refractivity contribution < 1.29 is 9.50 Å². The minimum absolute atomic E-state index is 0.181. The van der Waals surface area contributed by atoms with Gasteiger partial charge in [-0.1, -0.05) is 13.0 Å². The number of aliphatic hydroxyl groups is 1. The molecule has 1 rings (SSSR count). The Bertz CT molecular complexity index is 320. The average Bonchev–Trinajstić information content (AvgIpc) is 2.10. The van der Waals surface area contributed by atoms with Crippen LogP contribution in [-0.2, 0) is 6.42 Å². The summed E-state index contributed by atoms with van der Waals surface area (Å²) in [6, 6.07) is 4.88. The van der Waals surface area contributed by atoms with E-state index in [2.05, 4.69) is 6.92 Å². The molecule has 0 spiro atoms. The quantitative estimate of drug-likeness (QED) is 0.809. The zero-order chi connectivity index (χ0) is 11.4. The topological polar surface area (TPSA) is 20.2 Å². The lowest BCUT2D eigenvalue weighted by Gasteiger charge is -2.14. The predicted octanol–water partition coefficient (Wildman–Crippen LogP) is 3.08. The van der Waals surface area contributed by atoms with Crippen LogP contribution in [0.15, 0.2) is 18.2 Å². The van der Waals surface area contributed by atoms with Gasteiger partial charge in [-0.2, -0.15) is 0 Å². The van der Waals surface area contributed by atoms with E-state index < -0.39 is 0 Å². The molecular weight excluding hydrogens is 191 g/mol. The number of aliphatic hydroxyl groups excluding tert-OH is 1. The lowest BCUT2D eigenvalue weighted by Crippen LogP contribution is -2.10. The third-order valence-corrected chi connectivity index (χ3v) is 2.62. The molecule has 0 aliphatic heterocycles. The number of halogens is 1. The van der Waals surface area contributed by atoms with E-state index in [0.29, 0.717) is 5.92 Å². The summed E-state index contributed by atoms with van der Waals surface area (Å²) in [5, 5.41) is 9.25. The third-order valence-electron chi connectivity index (χ3n) is 2.62. The van der Waals surface area contributed by atoms with Crippen LogP contribution in [0.4, 0.5) is 4.39 Å². The molecule has 84 valence electrons. The summed E-state index contributed by atoms with van der Waals surface area (Å²) in [5.41, 5.74) is 2.16. The summed E-state index contributed by atoms with van der Waals surface area (Å²) in [5.74, 6) is 0.199. The van der Waals surface area contributed by atoms with Crippen LogP contribution in [0, 0.1) is 18.7 Å². The maximum absolute atomic E-state index is 13.0. The molecule has 0 aliphatic rings. The molecule has 0 radical (unpaired) electrons. The second kappa shape index (κ2) is 5.26. The first-order chi connectivity index (χ1) is 6.99. The SMILES string of the molecule is Cc1ccc(F)cc1CC(C)CC(C)O. The van der Waals surface area contributed by atoms with Crippen molar-refractivity contribution in [3.8, 4) is 0 Å². The fraction of sp³-hybridized carbons (Fsp3) is 0.538. The van der Waals surface area contributed by atoms with Gasteiger partial charge in [0.05, 0.1) is 6.10 Å². The highest BCUT2D eigenvalue weighted by Crippen LogP contribution is 2.17. The first-order valence-electron chi connectivity index (χ1n) is 5.42.